The maximum atomic E-state index is 11.3. The van der Waals surface area contributed by atoms with Crippen molar-refractivity contribution in [3.05, 3.63) is 0 Å². The Bertz CT molecular complexity index is 261. The number of carbonyl (C=O) groups is 2. The zero-order valence-corrected chi connectivity index (χ0v) is 7.99. The van der Waals surface area contributed by atoms with E-state index in [0.717, 1.165) is 32.1 Å². The van der Waals surface area contributed by atoms with E-state index in [-0.39, 0.29) is 12.3 Å². The molecule has 4 heteroatoms. The lowest BCUT2D eigenvalue weighted by atomic mass is 9.89. The molecule has 0 heterocycles. The van der Waals surface area contributed by atoms with E-state index in [0.29, 0.717) is 0 Å². The van der Waals surface area contributed by atoms with E-state index < -0.39 is 11.9 Å². The average molecular weight is 195 g/mol. The van der Waals surface area contributed by atoms with E-state index in [1.807, 2.05) is 0 Å². The molecule has 0 N–H and O–H groups in total. The second-order valence-electron chi connectivity index (χ2n) is 3.46. The van der Waals surface area contributed by atoms with Gasteiger partial charge in [-0.3, -0.25) is 9.59 Å². The first kappa shape index (κ1) is 10.7. The predicted octanol–water partition coefficient (Wildman–Crippen LogP) is 1.55. The third-order valence-corrected chi connectivity index (χ3v) is 2.38. The van der Waals surface area contributed by atoms with Crippen LogP contribution in [0.4, 0.5) is 0 Å². The molecular weight excluding hydrogens is 182 g/mol. The van der Waals surface area contributed by atoms with Gasteiger partial charge in [0.2, 0.25) is 0 Å². The lowest BCUT2D eigenvalue weighted by molar-refractivity contribution is -0.162. The number of carbonyl (C=O) groups excluding carboxylic acids is 2. The minimum atomic E-state index is -0.733. The lowest BCUT2D eigenvalue weighted by Crippen LogP contribution is -2.23. The number of hydrogen-bond donors (Lipinski definition) is 0. The van der Waals surface area contributed by atoms with E-state index >= 15 is 0 Å². The van der Waals surface area contributed by atoms with Crippen LogP contribution in [0.2, 0.25) is 0 Å². The highest BCUT2D eigenvalue weighted by atomic mass is 16.6. The molecule has 0 spiro atoms. The molecule has 0 aromatic heterocycles. The summed E-state index contributed by atoms with van der Waals surface area (Å²) in [6, 6.07) is 1.65. The van der Waals surface area contributed by atoms with Gasteiger partial charge in [0, 0.05) is 0 Å². The summed E-state index contributed by atoms with van der Waals surface area (Å²) in [6.45, 7) is 0. The first-order chi connectivity index (χ1) is 6.74. The fourth-order valence-electron chi connectivity index (χ4n) is 1.63. The molecule has 0 saturated heterocycles. The fraction of sp³-hybridized carbons (Fsp3) is 0.700. The van der Waals surface area contributed by atoms with Crippen molar-refractivity contribution in [2.24, 2.45) is 5.92 Å². The van der Waals surface area contributed by atoms with E-state index in [9.17, 15) is 9.59 Å². The highest BCUT2D eigenvalue weighted by Crippen LogP contribution is 2.24. The summed E-state index contributed by atoms with van der Waals surface area (Å²) >= 11 is 0. The lowest BCUT2D eigenvalue weighted by Gasteiger charge is -2.18. The van der Waals surface area contributed by atoms with Crippen LogP contribution in [0, 0.1) is 17.2 Å². The Labute approximate surface area is 82.8 Å². The van der Waals surface area contributed by atoms with Gasteiger partial charge < -0.3 is 4.74 Å². The third-order valence-electron chi connectivity index (χ3n) is 2.38. The number of hydrogen-bond acceptors (Lipinski definition) is 4. The van der Waals surface area contributed by atoms with Gasteiger partial charge in [0.25, 0.3) is 0 Å². The standard InChI is InChI=1S/C10H13NO3/c11-7-6-9(12)14-10(13)8-4-2-1-3-5-8/h8H,1-6H2. The Hall–Kier alpha value is -1.37. The second-order valence-corrected chi connectivity index (χ2v) is 3.46. The van der Waals surface area contributed by atoms with Gasteiger partial charge in [0.15, 0.2) is 0 Å². The molecule has 0 unspecified atom stereocenters. The Balaban J connectivity index is 2.33. The molecule has 0 radical (unpaired) electrons. The Morgan fingerprint density at radius 1 is 1.29 bits per heavy atom. The SMILES string of the molecule is N#CCC(=O)OC(=O)C1CCCCC1. The number of rotatable bonds is 2. The molecule has 0 aromatic carbocycles. The van der Waals surface area contributed by atoms with Crippen LogP contribution < -0.4 is 0 Å². The molecule has 1 aliphatic carbocycles. The minimum Gasteiger partial charge on any atom is -0.392 e. The monoisotopic (exact) mass is 195 g/mol. The van der Waals surface area contributed by atoms with Gasteiger partial charge in [-0.25, -0.2) is 0 Å². The van der Waals surface area contributed by atoms with Gasteiger partial charge in [-0.05, 0) is 12.8 Å². The summed E-state index contributed by atoms with van der Waals surface area (Å²) in [7, 11) is 0. The van der Waals surface area contributed by atoms with Gasteiger partial charge in [-0.15, -0.1) is 0 Å². The largest absolute Gasteiger partial charge is 0.392 e. The number of nitriles is 1. The van der Waals surface area contributed by atoms with E-state index in [1.54, 1.807) is 6.07 Å². The van der Waals surface area contributed by atoms with Crippen LogP contribution >= 0.6 is 0 Å². The van der Waals surface area contributed by atoms with Crippen LogP contribution in [0.5, 0.6) is 0 Å². The van der Waals surface area contributed by atoms with Crippen molar-refractivity contribution < 1.29 is 14.3 Å². The number of esters is 2. The van der Waals surface area contributed by atoms with Crippen LogP contribution in [0.25, 0.3) is 0 Å². The molecule has 76 valence electrons. The Morgan fingerprint density at radius 2 is 1.93 bits per heavy atom. The van der Waals surface area contributed by atoms with E-state index in [4.69, 9.17) is 5.26 Å². The summed E-state index contributed by atoms with van der Waals surface area (Å²) in [5.74, 6) is -1.32. The third kappa shape index (κ3) is 3.17. The molecule has 1 saturated carbocycles. The van der Waals surface area contributed by atoms with Gasteiger partial charge in [0.1, 0.15) is 6.42 Å². The van der Waals surface area contributed by atoms with Crippen LogP contribution in [-0.2, 0) is 14.3 Å². The van der Waals surface area contributed by atoms with Crippen molar-refractivity contribution in [1.29, 1.82) is 5.26 Å². The highest BCUT2D eigenvalue weighted by Gasteiger charge is 2.24. The summed E-state index contributed by atoms with van der Waals surface area (Å²) < 4.78 is 4.53. The molecule has 0 atom stereocenters. The molecule has 1 fully saturated rings. The maximum absolute atomic E-state index is 11.3. The summed E-state index contributed by atoms with van der Waals surface area (Å²) in [4.78, 5) is 22.2. The predicted molar refractivity (Wildman–Crippen MR) is 47.9 cm³/mol. The molecule has 0 amide bonds. The second kappa shape index (κ2) is 5.38. The smallest absolute Gasteiger partial charge is 0.327 e. The summed E-state index contributed by atoms with van der Waals surface area (Å²) in [5, 5.41) is 8.20. The molecule has 1 aliphatic rings. The quantitative estimate of drug-likeness (QED) is 0.495. The van der Waals surface area contributed by atoms with Gasteiger partial charge >= 0.3 is 11.9 Å². The summed E-state index contributed by atoms with van der Waals surface area (Å²) in [5.41, 5.74) is 0. The van der Waals surface area contributed by atoms with Crippen LogP contribution in [-0.4, -0.2) is 11.9 Å². The van der Waals surface area contributed by atoms with Crippen molar-refractivity contribution >= 4 is 11.9 Å². The normalized spacial score (nSPS) is 17.1. The van der Waals surface area contributed by atoms with Gasteiger partial charge in [-0.2, -0.15) is 5.26 Å². The van der Waals surface area contributed by atoms with Crippen molar-refractivity contribution in [1.82, 2.24) is 0 Å². The zero-order chi connectivity index (χ0) is 10.4. The molecule has 4 nitrogen and oxygen atoms in total. The van der Waals surface area contributed by atoms with Crippen molar-refractivity contribution in [2.45, 2.75) is 38.5 Å². The highest BCUT2D eigenvalue weighted by molar-refractivity contribution is 5.87. The van der Waals surface area contributed by atoms with Crippen molar-refractivity contribution in [3.63, 3.8) is 0 Å². The number of nitrogens with zero attached hydrogens (tertiary/aromatic N) is 1. The van der Waals surface area contributed by atoms with E-state index in [1.165, 1.54) is 0 Å². The minimum absolute atomic E-state index is 0.133. The molecule has 14 heavy (non-hydrogen) atoms. The Morgan fingerprint density at radius 3 is 2.50 bits per heavy atom. The first-order valence-electron chi connectivity index (χ1n) is 4.85. The van der Waals surface area contributed by atoms with E-state index in [2.05, 4.69) is 4.74 Å². The van der Waals surface area contributed by atoms with Gasteiger partial charge in [0.05, 0.1) is 12.0 Å². The summed E-state index contributed by atoms with van der Waals surface area (Å²) in [6.07, 6.45) is 4.45. The van der Waals surface area contributed by atoms with Gasteiger partial charge in [-0.1, -0.05) is 19.3 Å². The molecular formula is C10H13NO3. The zero-order valence-electron chi connectivity index (χ0n) is 7.99. The molecule has 0 bridgehead atoms. The topological polar surface area (TPSA) is 67.2 Å². The molecule has 0 aromatic rings. The average Bonchev–Trinajstić information content (AvgIpc) is 2.19. The maximum Gasteiger partial charge on any atom is 0.327 e. The van der Waals surface area contributed by atoms with Crippen LogP contribution in [0.3, 0.4) is 0 Å². The Kier molecular flexibility index (Phi) is 4.11. The van der Waals surface area contributed by atoms with Crippen LogP contribution in [0.1, 0.15) is 38.5 Å². The van der Waals surface area contributed by atoms with Crippen molar-refractivity contribution in [2.75, 3.05) is 0 Å². The van der Waals surface area contributed by atoms with Crippen LogP contribution in [0.15, 0.2) is 0 Å². The molecule has 0 aliphatic heterocycles. The molecule has 1 rings (SSSR count). The first-order valence-corrected chi connectivity index (χ1v) is 4.85. The number of ether oxygens (including phenoxy) is 1. The van der Waals surface area contributed by atoms with Crippen molar-refractivity contribution in [3.8, 4) is 6.07 Å². The fourth-order valence-corrected chi connectivity index (χ4v) is 1.63.